The van der Waals surface area contributed by atoms with Crippen molar-refractivity contribution >= 4 is 17.0 Å². The average Bonchev–Trinajstić information content (AvgIpc) is 3.30. The van der Waals surface area contributed by atoms with Crippen molar-refractivity contribution in [1.29, 1.82) is 0 Å². The largest absolute Gasteiger partial charge is 0.480 e. The molecule has 0 spiro atoms. The number of hydrogen-bond acceptors (Lipinski definition) is 4. The van der Waals surface area contributed by atoms with Crippen molar-refractivity contribution in [2.24, 2.45) is 0 Å². The summed E-state index contributed by atoms with van der Waals surface area (Å²) in [5.41, 5.74) is 2.32. The van der Waals surface area contributed by atoms with Crippen LogP contribution in [0.4, 0.5) is 0 Å². The fourth-order valence-corrected chi connectivity index (χ4v) is 8.61. The van der Waals surface area contributed by atoms with E-state index < -0.39 is 5.97 Å². The molecule has 4 aliphatic rings. The molecule has 208 valence electrons. The summed E-state index contributed by atoms with van der Waals surface area (Å²) in [5.74, 6) is 0.399. The first-order valence-electron chi connectivity index (χ1n) is 15.9. The van der Waals surface area contributed by atoms with E-state index in [1.165, 1.54) is 95.4 Å². The van der Waals surface area contributed by atoms with Crippen molar-refractivity contribution in [2.75, 3.05) is 13.1 Å². The molecule has 2 unspecified atom stereocenters. The van der Waals surface area contributed by atoms with E-state index in [1.807, 2.05) is 0 Å². The number of hydrogen-bond donors (Lipinski definition) is 1. The van der Waals surface area contributed by atoms with Gasteiger partial charge >= 0.3 is 5.97 Å². The van der Waals surface area contributed by atoms with Gasteiger partial charge in [-0.05, 0) is 70.0 Å². The smallest absolute Gasteiger partial charge is 0.317 e. The molecule has 4 atom stereocenters. The van der Waals surface area contributed by atoms with Crippen LogP contribution in [0, 0.1) is 0 Å². The van der Waals surface area contributed by atoms with Crippen molar-refractivity contribution in [3.05, 3.63) is 30.1 Å². The van der Waals surface area contributed by atoms with Gasteiger partial charge < -0.3 is 9.67 Å². The molecule has 38 heavy (non-hydrogen) atoms. The van der Waals surface area contributed by atoms with Crippen LogP contribution in [-0.2, 0) is 4.79 Å². The number of aliphatic carboxylic acids is 1. The Morgan fingerprint density at radius 2 is 1.39 bits per heavy atom. The van der Waals surface area contributed by atoms with Crippen LogP contribution in [-0.4, -0.2) is 61.6 Å². The molecule has 1 saturated carbocycles. The lowest BCUT2D eigenvalue weighted by Gasteiger charge is -2.53. The second kappa shape index (κ2) is 12.1. The SMILES string of the molecule is O=C(O)CN1CCCC[C@@H]1c1nc2ccccc2n1C1CC2CCC[C@@H](C1)N2C1CCCCCCCCC1. The van der Waals surface area contributed by atoms with Gasteiger partial charge in [0.15, 0.2) is 0 Å². The maximum absolute atomic E-state index is 11.7. The Bertz CT molecular complexity index is 1060. The number of nitrogens with zero attached hydrogens (tertiary/aromatic N) is 4. The zero-order chi connectivity index (χ0) is 25.9. The summed E-state index contributed by atoms with van der Waals surface area (Å²) in [6.45, 7) is 0.963. The Morgan fingerprint density at radius 1 is 0.763 bits per heavy atom. The van der Waals surface area contributed by atoms with E-state index in [9.17, 15) is 9.90 Å². The third-order valence-electron chi connectivity index (χ3n) is 10.2. The van der Waals surface area contributed by atoms with Crippen LogP contribution in [0.5, 0.6) is 0 Å². The normalized spacial score (nSPS) is 30.8. The number of imidazole rings is 1. The van der Waals surface area contributed by atoms with E-state index in [4.69, 9.17) is 4.98 Å². The first kappa shape index (κ1) is 26.3. The standard InChI is InChI=1S/C32H48N4O2/c37-31(38)23-34-20-11-10-19-30(34)32-33-28-17-8-9-18-29(28)36(32)27-21-25-15-12-16-26(22-27)35(25)24-13-6-4-2-1-3-5-7-14-24/h8-9,17-18,24-27,30H,1-7,10-16,19-23H2,(H,37,38)/t25-,26?,27?,30+/m0/s1. The quantitative estimate of drug-likeness (QED) is 0.456. The first-order chi connectivity index (χ1) is 18.7. The van der Waals surface area contributed by atoms with Crippen LogP contribution in [0.25, 0.3) is 11.0 Å². The Morgan fingerprint density at radius 3 is 2.11 bits per heavy atom. The average molecular weight is 521 g/mol. The molecular formula is C32H48N4O2. The molecule has 2 bridgehead atoms. The maximum atomic E-state index is 11.7. The molecule has 4 heterocycles. The lowest BCUT2D eigenvalue weighted by atomic mass is 9.79. The summed E-state index contributed by atoms with van der Waals surface area (Å²) >= 11 is 0. The number of carbonyl (C=O) groups is 1. The molecule has 1 aromatic heterocycles. The summed E-state index contributed by atoms with van der Waals surface area (Å²) < 4.78 is 2.59. The molecule has 1 aromatic carbocycles. The van der Waals surface area contributed by atoms with Gasteiger partial charge in [-0.1, -0.05) is 69.9 Å². The Hall–Kier alpha value is -1.92. The summed E-state index contributed by atoms with van der Waals surface area (Å²) in [6.07, 6.45) is 22.4. The minimum Gasteiger partial charge on any atom is -0.480 e. The van der Waals surface area contributed by atoms with Crippen molar-refractivity contribution in [3.8, 4) is 0 Å². The van der Waals surface area contributed by atoms with Gasteiger partial charge in [0.1, 0.15) is 5.82 Å². The zero-order valence-corrected chi connectivity index (χ0v) is 23.3. The third kappa shape index (κ3) is 5.54. The van der Waals surface area contributed by atoms with Gasteiger partial charge in [0.25, 0.3) is 0 Å². The summed E-state index contributed by atoms with van der Waals surface area (Å²) in [5, 5.41) is 9.65. The second-order valence-electron chi connectivity index (χ2n) is 12.7. The van der Waals surface area contributed by atoms with E-state index in [0.29, 0.717) is 18.1 Å². The van der Waals surface area contributed by atoms with Gasteiger partial charge in [-0.25, -0.2) is 4.98 Å². The number of piperidine rings is 3. The van der Waals surface area contributed by atoms with Crippen LogP contribution >= 0.6 is 0 Å². The van der Waals surface area contributed by atoms with E-state index >= 15 is 0 Å². The number of benzene rings is 1. The predicted molar refractivity (Wildman–Crippen MR) is 152 cm³/mol. The topological polar surface area (TPSA) is 61.6 Å². The van der Waals surface area contributed by atoms with Crippen molar-refractivity contribution < 1.29 is 9.90 Å². The van der Waals surface area contributed by atoms with Gasteiger partial charge in [-0.3, -0.25) is 14.6 Å². The molecule has 4 fully saturated rings. The lowest BCUT2D eigenvalue weighted by molar-refractivity contribution is -0.139. The molecule has 0 amide bonds. The number of para-hydroxylation sites is 2. The Labute approximate surface area is 228 Å². The monoisotopic (exact) mass is 520 g/mol. The number of likely N-dealkylation sites (tertiary alicyclic amines) is 1. The molecular weight excluding hydrogens is 472 g/mol. The molecule has 6 heteroatoms. The minimum absolute atomic E-state index is 0.100. The van der Waals surface area contributed by atoms with Gasteiger partial charge in [-0.2, -0.15) is 0 Å². The highest BCUT2D eigenvalue weighted by molar-refractivity contribution is 5.76. The van der Waals surface area contributed by atoms with Gasteiger partial charge in [0.2, 0.25) is 0 Å². The number of carboxylic acids is 1. The fraction of sp³-hybridized carbons (Fsp3) is 0.750. The highest BCUT2D eigenvalue weighted by Gasteiger charge is 2.43. The summed E-state index contributed by atoms with van der Waals surface area (Å²) in [4.78, 5) is 22.2. The first-order valence-corrected chi connectivity index (χ1v) is 15.9. The maximum Gasteiger partial charge on any atom is 0.317 e. The van der Waals surface area contributed by atoms with Crippen LogP contribution in [0.15, 0.2) is 24.3 Å². The highest BCUT2D eigenvalue weighted by Crippen LogP contribution is 2.45. The molecule has 1 aliphatic carbocycles. The minimum atomic E-state index is -0.729. The summed E-state index contributed by atoms with van der Waals surface area (Å²) in [6, 6.07) is 11.3. The second-order valence-corrected chi connectivity index (χ2v) is 12.7. The summed E-state index contributed by atoms with van der Waals surface area (Å²) in [7, 11) is 0. The third-order valence-corrected chi connectivity index (χ3v) is 10.2. The van der Waals surface area contributed by atoms with E-state index in [0.717, 1.165) is 43.2 Å². The number of aromatic nitrogens is 2. The van der Waals surface area contributed by atoms with E-state index in [2.05, 4.69) is 38.6 Å². The molecule has 6 nitrogen and oxygen atoms in total. The van der Waals surface area contributed by atoms with Crippen molar-refractivity contribution in [3.63, 3.8) is 0 Å². The molecule has 2 aromatic rings. The van der Waals surface area contributed by atoms with Gasteiger partial charge in [0.05, 0.1) is 23.6 Å². The van der Waals surface area contributed by atoms with Gasteiger partial charge in [0, 0.05) is 24.2 Å². The number of fused-ring (bicyclic) bond motifs is 3. The highest BCUT2D eigenvalue weighted by atomic mass is 16.4. The van der Waals surface area contributed by atoms with Crippen LogP contribution in [0.2, 0.25) is 0 Å². The van der Waals surface area contributed by atoms with Gasteiger partial charge in [-0.15, -0.1) is 0 Å². The Kier molecular flexibility index (Phi) is 8.36. The van der Waals surface area contributed by atoms with Crippen molar-refractivity contribution in [2.45, 2.75) is 139 Å². The molecule has 1 N–H and O–H groups in total. The molecule has 3 aliphatic heterocycles. The molecule has 0 radical (unpaired) electrons. The fourth-order valence-electron chi connectivity index (χ4n) is 8.61. The van der Waals surface area contributed by atoms with Crippen LogP contribution in [0.1, 0.15) is 127 Å². The number of carboxylic acid groups (broad SMARTS) is 1. The van der Waals surface area contributed by atoms with E-state index in [-0.39, 0.29) is 12.6 Å². The molecule has 3 saturated heterocycles. The predicted octanol–water partition coefficient (Wildman–Crippen LogP) is 7.10. The van der Waals surface area contributed by atoms with Crippen LogP contribution < -0.4 is 0 Å². The molecule has 6 rings (SSSR count). The Balaban J connectivity index is 1.30. The van der Waals surface area contributed by atoms with Crippen LogP contribution in [0.3, 0.4) is 0 Å². The van der Waals surface area contributed by atoms with E-state index in [1.54, 1.807) is 0 Å². The number of rotatable bonds is 5. The van der Waals surface area contributed by atoms with Crippen molar-refractivity contribution in [1.82, 2.24) is 19.4 Å². The zero-order valence-electron chi connectivity index (χ0n) is 23.3. The lowest BCUT2D eigenvalue weighted by Crippen LogP contribution is -2.56.